The molecule has 0 atom stereocenters. The molecule has 5 nitrogen and oxygen atoms in total. The molecular formula is C21H24N2O3. The summed E-state index contributed by atoms with van der Waals surface area (Å²) in [5.74, 6) is 0.589. The molecule has 1 aliphatic heterocycles. The van der Waals surface area contributed by atoms with Crippen LogP contribution in [0.3, 0.4) is 0 Å². The summed E-state index contributed by atoms with van der Waals surface area (Å²) >= 11 is 0. The van der Waals surface area contributed by atoms with E-state index >= 15 is 0 Å². The third kappa shape index (κ3) is 3.87. The Kier molecular flexibility index (Phi) is 5.26. The Bertz CT molecular complexity index is 822. The number of nitrogens with zero attached hydrogens (tertiary/aromatic N) is 1. The van der Waals surface area contributed by atoms with Crippen molar-refractivity contribution in [2.75, 3.05) is 23.4 Å². The van der Waals surface area contributed by atoms with E-state index in [4.69, 9.17) is 4.74 Å². The molecule has 0 unspecified atom stereocenters. The summed E-state index contributed by atoms with van der Waals surface area (Å²) in [6.07, 6.45) is 1.40. The maximum Gasteiger partial charge on any atom is 0.262 e. The van der Waals surface area contributed by atoms with Crippen LogP contribution in [0.4, 0.5) is 11.4 Å². The fraction of sp³-hybridized carbons (Fsp3) is 0.333. The van der Waals surface area contributed by atoms with Gasteiger partial charge in [0.05, 0.1) is 11.4 Å². The molecule has 2 amide bonds. The predicted octanol–water partition coefficient (Wildman–Crippen LogP) is 3.76. The van der Waals surface area contributed by atoms with E-state index in [0.29, 0.717) is 18.7 Å². The third-order valence-corrected chi connectivity index (χ3v) is 4.49. The van der Waals surface area contributed by atoms with Gasteiger partial charge in [-0.25, -0.2) is 0 Å². The van der Waals surface area contributed by atoms with E-state index in [1.54, 1.807) is 11.0 Å². The molecule has 1 heterocycles. The van der Waals surface area contributed by atoms with E-state index in [1.165, 1.54) is 5.56 Å². The highest BCUT2D eigenvalue weighted by molar-refractivity contribution is 6.02. The quantitative estimate of drug-likeness (QED) is 0.891. The summed E-state index contributed by atoms with van der Waals surface area (Å²) < 4.78 is 5.75. The van der Waals surface area contributed by atoms with Crippen LogP contribution >= 0.6 is 0 Å². The minimum absolute atomic E-state index is 0.0764. The second-order valence-corrected chi connectivity index (χ2v) is 6.73. The van der Waals surface area contributed by atoms with Crippen molar-refractivity contribution in [3.05, 3.63) is 53.1 Å². The van der Waals surface area contributed by atoms with Gasteiger partial charge in [-0.3, -0.25) is 9.59 Å². The van der Waals surface area contributed by atoms with E-state index in [1.807, 2.05) is 51.1 Å². The van der Waals surface area contributed by atoms with Crippen LogP contribution in [-0.2, 0) is 9.59 Å². The monoisotopic (exact) mass is 352 g/mol. The van der Waals surface area contributed by atoms with Gasteiger partial charge in [0, 0.05) is 13.0 Å². The molecule has 2 aromatic rings. The fourth-order valence-corrected chi connectivity index (χ4v) is 3.44. The fourth-order valence-electron chi connectivity index (χ4n) is 3.44. The lowest BCUT2D eigenvalue weighted by Crippen LogP contribution is -2.27. The van der Waals surface area contributed by atoms with Gasteiger partial charge in [-0.05, 0) is 50.5 Å². The van der Waals surface area contributed by atoms with Crippen LogP contribution in [0, 0.1) is 20.8 Å². The van der Waals surface area contributed by atoms with Crippen molar-refractivity contribution >= 4 is 23.2 Å². The first-order valence-electron chi connectivity index (χ1n) is 8.85. The summed E-state index contributed by atoms with van der Waals surface area (Å²) in [6.45, 7) is 6.59. The van der Waals surface area contributed by atoms with Crippen molar-refractivity contribution in [1.29, 1.82) is 0 Å². The zero-order chi connectivity index (χ0) is 18.7. The number of nitrogens with one attached hydrogen (secondary N) is 1. The number of hydrogen-bond acceptors (Lipinski definition) is 3. The highest BCUT2D eigenvalue weighted by Crippen LogP contribution is 2.29. The van der Waals surface area contributed by atoms with Crippen LogP contribution < -0.4 is 15.0 Å². The van der Waals surface area contributed by atoms with Gasteiger partial charge in [-0.1, -0.05) is 29.8 Å². The van der Waals surface area contributed by atoms with Gasteiger partial charge in [0.15, 0.2) is 6.61 Å². The van der Waals surface area contributed by atoms with E-state index in [-0.39, 0.29) is 18.4 Å². The first-order chi connectivity index (χ1) is 12.5. The van der Waals surface area contributed by atoms with Crippen molar-refractivity contribution < 1.29 is 14.3 Å². The Morgan fingerprint density at radius 2 is 1.85 bits per heavy atom. The molecule has 0 spiro atoms. The maximum atomic E-state index is 12.4. The smallest absolute Gasteiger partial charge is 0.262 e. The summed E-state index contributed by atoms with van der Waals surface area (Å²) in [5, 5.41) is 2.87. The molecule has 136 valence electrons. The van der Waals surface area contributed by atoms with Crippen molar-refractivity contribution in [1.82, 2.24) is 0 Å². The molecule has 26 heavy (non-hydrogen) atoms. The number of hydrogen-bond donors (Lipinski definition) is 1. The normalized spacial score (nSPS) is 13.8. The number of carbonyl (C=O) groups excluding carboxylic acids is 2. The third-order valence-electron chi connectivity index (χ3n) is 4.49. The number of para-hydroxylation sites is 2. The van der Waals surface area contributed by atoms with Crippen LogP contribution in [0.2, 0.25) is 0 Å². The molecule has 0 saturated carbocycles. The Morgan fingerprint density at radius 3 is 2.50 bits per heavy atom. The Morgan fingerprint density at radius 1 is 1.15 bits per heavy atom. The van der Waals surface area contributed by atoms with E-state index in [2.05, 4.69) is 5.32 Å². The topological polar surface area (TPSA) is 58.6 Å². The number of carbonyl (C=O) groups is 2. The van der Waals surface area contributed by atoms with Crippen LogP contribution in [0.1, 0.15) is 29.5 Å². The molecule has 1 aliphatic rings. The van der Waals surface area contributed by atoms with Gasteiger partial charge in [-0.2, -0.15) is 0 Å². The summed E-state index contributed by atoms with van der Waals surface area (Å²) in [5.41, 5.74) is 4.57. The van der Waals surface area contributed by atoms with Gasteiger partial charge >= 0.3 is 0 Å². The van der Waals surface area contributed by atoms with Gasteiger partial charge in [0.2, 0.25) is 5.91 Å². The second kappa shape index (κ2) is 7.60. The van der Waals surface area contributed by atoms with Crippen LogP contribution in [0.5, 0.6) is 5.75 Å². The van der Waals surface area contributed by atoms with Crippen LogP contribution in [0.25, 0.3) is 0 Å². The molecule has 0 bridgehead atoms. The maximum absolute atomic E-state index is 12.4. The minimum Gasteiger partial charge on any atom is -0.483 e. The lowest BCUT2D eigenvalue weighted by molar-refractivity contribution is -0.118. The van der Waals surface area contributed by atoms with Crippen LogP contribution in [-0.4, -0.2) is 25.0 Å². The van der Waals surface area contributed by atoms with Crippen molar-refractivity contribution in [2.45, 2.75) is 33.6 Å². The van der Waals surface area contributed by atoms with E-state index < -0.39 is 0 Å². The summed E-state index contributed by atoms with van der Waals surface area (Å²) in [4.78, 5) is 26.1. The lowest BCUT2D eigenvalue weighted by Gasteiger charge is -2.20. The molecule has 3 rings (SSSR count). The van der Waals surface area contributed by atoms with Gasteiger partial charge in [0.1, 0.15) is 5.75 Å². The molecule has 1 saturated heterocycles. The van der Waals surface area contributed by atoms with Crippen molar-refractivity contribution in [2.24, 2.45) is 0 Å². The molecular weight excluding hydrogens is 328 g/mol. The van der Waals surface area contributed by atoms with Crippen LogP contribution in [0.15, 0.2) is 36.4 Å². The Labute approximate surface area is 154 Å². The molecule has 0 radical (unpaired) electrons. The average molecular weight is 352 g/mol. The Balaban J connectivity index is 1.69. The largest absolute Gasteiger partial charge is 0.483 e. The van der Waals surface area contributed by atoms with Gasteiger partial charge in [0.25, 0.3) is 5.91 Å². The lowest BCUT2D eigenvalue weighted by atomic mass is 10.1. The average Bonchev–Trinajstić information content (AvgIpc) is 3.00. The molecule has 2 aromatic carbocycles. The Hall–Kier alpha value is -2.82. The molecule has 1 N–H and O–H groups in total. The molecule has 0 aromatic heterocycles. The number of aryl methyl sites for hydroxylation is 3. The van der Waals surface area contributed by atoms with Crippen molar-refractivity contribution in [3.63, 3.8) is 0 Å². The van der Waals surface area contributed by atoms with Gasteiger partial charge in [-0.15, -0.1) is 0 Å². The summed E-state index contributed by atoms with van der Waals surface area (Å²) in [7, 11) is 0. The zero-order valence-electron chi connectivity index (χ0n) is 15.5. The highest BCUT2D eigenvalue weighted by Gasteiger charge is 2.24. The standard InChI is InChI=1S/C21H24N2O3/c1-14-11-15(2)21(16(3)12-14)26-13-19(24)22-17-7-4-5-8-18(17)23-10-6-9-20(23)25/h4-5,7-8,11-12H,6,9-10,13H2,1-3H3,(H,22,24). The molecule has 5 heteroatoms. The highest BCUT2D eigenvalue weighted by atomic mass is 16.5. The first-order valence-corrected chi connectivity index (χ1v) is 8.85. The minimum atomic E-state index is -0.247. The summed E-state index contributed by atoms with van der Waals surface area (Å²) in [6, 6.07) is 11.4. The SMILES string of the molecule is Cc1cc(C)c(OCC(=O)Nc2ccccc2N2CCCC2=O)c(C)c1. The predicted molar refractivity (Wildman–Crippen MR) is 103 cm³/mol. The van der Waals surface area contributed by atoms with Crippen molar-refractivity contribution in [3.8, 4) is 5.75 Å². The molecule has 0 aliphatic carbocycles. The second-order valence-electron chi connectivity index (χ2n) is 6.73. The van der Waals surface area contributed by atoms with E-state index in [9.17, 15) is 9.59 Å². The number of benzene rings is 2. The first kappa shape index (κ1) is 18.0. The number of anilines is 2. The number of amides is 2. The van der Waals surface area contributed by atoms with Gasteiger partial charge < -0.3 is 15.0 Å². The molecule has 1 fully saturated rings. The zero-order valence-corrected chi connectivity index (χ0v) is 15.5. The number of rotatable bonds is 5. The van der Waals surface area contributed by atoms with E-state index in [0.717, 1.165) is 29.0 Å². The number of ether oxygens (including phenoxy) is 1.